The van der Waals surface area contributed by atoms with Crippen molar-refractivity contribution in [3.63, 3.8) is 0 Å². The summed E-state index contributed by atoms with van der Waals surface area (Å²) < 4.78 is 6.60. The molecule has 0 N–H and O–H groups in total. The molecule has 0 heterocycles. The van der Waals surface area contributed by atoms with Crippen LogP contribution >= 0.6 is 0 Å². The van der Waals surface area contributed by atoms with E-state index in [0.717, 1.165) is 19.3 Å². The summed E-state index contributed by atoms with van der Waals surface area (Å²) in [6, 6.07) is 0. The molecule has 0 saturated heterocycles. The Morgan fingerprint density at radius 2 is 1.55 bits per heavy atom. The van der Waals surface area contributed by atoms with Crippen LogP contribution in [0.1, 0.15) is 74.7 Å². The Kier molecular flexibility index (Phi) is 8.85. The molecule has 0 saturated carbocycles. The average Bonchev–Trinajstić information content (AvgIpc) is 2.39. The number of carbonyl (C=O) groups excluding carboxylic acids is 1. The van der Waals surface area contributed by atoms with Gasteiger partial charge >= 0.3 is 0 Å². The zero-order chi connectivity index (χ0) is 17.6. The monoisotopic (exact) mass is 326 g/mol. The van der Waals surface area contributed by atoms with E-state index in [4.69, 9.17) is 4.43 Å². The highest BCUT2D eigenvalue weighted by molar-refractivity contribution is 6.77. The molecule has 0 aliphatic rings. The highest BCUT2D eigenvalue weighted by atomic mass is 28.4. The van der Waals surface area contributed by atoms with Gasteiger partial charge in [-0.2, -0.15) is 0 Å². The second-order valence-electron chi connectivity index (χ2n) is 7.86. The lowest BCUT2D eigenvalue weighted by Gasteiger charge is -2.43. The van der Waals surface area contributed by atoms with Crippen molar-refractivity contribution in [3.05, 3.63) is 12.7 Å². The Labute approximate surface area is 139 Å². The summed E-state index contributed by atoms with van der Waals surface area (Å²) in [7, 11) is -1.82. The Balaban J connectivity index is 5.00. The number of allylic oxidation sites excluding steroid dienone is 1. The fourth-order valence-corrected chi connectivity index (χ4v) is 9.31. The zero-order valence-corrected chi connectivity index (χ0v) is 17.2. The van der Waals surface area contributed by atoms with Gasteiger partial charge in [0, 0.05) is 12.0 Å². The third-order valence-electron chi connectivity index (χ3n) is 5.46. The minimum Gasteiger partial charge on any atom is -0.416 e. The standard InChI is InChI=1S/C19H38O2Si/c1-10-11-12-19(9,18(8)20)13-14-21-22(15(2)3,16(4)5)17(6)7/h10,15-17H,1,11-14H2,2-9H3/t19-/m1/s1. The van der Waals surface area contributed by atoms with E-state index < -0.39 is 8.32 Å². The first kappa shape index (κ1) is 21.6. The number of hydrogen-bond acceptors (Lipinski definition) is 2. The van der Waals surface area contributed by atoms with Crippen LogP contribution in [0.4, 0.5) is 0 Å². The molecule has 0 aliphatic carbocycles. The van der Waals surface area contributed by atoms with E-state index in [0.29, 0.717) is 23.2 Å². The predicted octanol–water partition coefficient (Wildman–Crippen LogP) is 6.13. The van der Waals surface area contributed by atoms with Gasteiger partial charge in [-0.05, 0) is 42.8 Å². The maximum atomic E-state index is 12.1. The normalized spacial score (nSPS) is 15.4. The molecule has 22 heavy (non-hydrogen) atoms. The van der Waals surface area contributed by atoms with Gasteiger partial charge in [0.25, 0.3) is 0 Å². The maximum Gasteiger partial charge on any atom is 0.200 e. The van der Waals surface area contributed by atoms with Crippen LogP contribution in [0.5, 0.6) is 0 Å². The van der Waals surface area contributed by atoms with Gasteiger partial charge in [-0.3, -0.25) is 4.79 Å². The van der Waals surface area contributed by atoms with Crippen molar-refractivity contribution in [2.24, 2.45) is 5.41 Å². The lowest BCUT2D eigenvalue weighted by molar-refractivity contribution is -0.126. The first-order valence-electron chi connectivity index (χ1n) is 8.80. The first-order chi connectivity index (χ1) is 10.0. The van der Waals surface area contributed by atoms with Crippen molar-refractivity contribution in [3.8, 4) is 0 Å². The Morgan fingerprint density at radius 3 is 1.86 bits per heavy atom. The Bertz CT molecular complexity index is 339. The summed E-state index contributed by atoms with van der Waals surface area (Å²) >= 11 is 0. The van der Waals surface area contributed by atoms with Gasteiger partial charge in [0.2, 0.25) is 0 Å². The molecule has 0 bridgehead atoms. The van der Waals surface area contributed by atoms with Crippen LogP contribution in [0, 0.1) is 5.41 Å². The molecule has 0 spiro atoms. The van der Waals surface area contributed by atoms with Crippen molar-refractivity contribution < 1.29 is 9.22 Å². The van der Waals surface area contributed by atoms with Gasteiger partial charge in [-0.15, -0.1) is 6.58 Å². The molecule has 0 aliphatic heterocycles. The van der Waals surface area contributed by atoms with Crippen LogP contribution in [-0.2, 0) is 9.22 Å². The van der Waals surface area contributed by atoms with Crippen LogP contribution in [0.25, 0.3) is 0 Å². The van der Waals surface area contributed by atoms with E-state index >= 15 is 0 Å². The topological polar surface area (TPSA) is 26.3 Å². The highest BCUT2D eigenvalue weighted by Crippen LogP contribution is 2.43. The summed E-state index contributed by atoms with van der Waals surface area (Å²) in [5.74, 6) is 0.267. The summed E-state index contributed by atoms with van der Waals surface area (Å²) in [4.78, 5) is 12.1. The maximum absolute atomic E-state index is 12.1. The molecule has 130 valence electrons. The zero-order valence-electron chi connectivity index (χ0n) is 16.2. The van der Waals surface area contributed by atoms with Crippen LogP contribution in [0.15, 0.2) is 12.7 Å². The van der Waals surface area contributed by atoms with Crippen molar-refractivity contribution in [1.29, 1.82) is 0 Å². The third-order valence-corrected chi connectivity index (χ3v) is 11.6. The van der Waals surface area contributed by atoms with Gasteiger partial charge in [-0.1, -0.05) is 54.5 Å². The summed E-state index contributed by atoms with van der Waals surface area (Å²) in [5.41, 5.74) is 1.48. The van der Waals surface area contributed by atoms with E-state index in [9.17, 15) is 4.79 Å². The molecule has 0 fully saturated rings. The molecule has 0 aromatic rings. The van der Waals surface area contributed by atoms with Crippen molar-refractivity contribution in [1.82, 2.24) is 0 Å². The van der Waals surface area contributed by atoms with E-state index in [2.05, 4.69) is 55.0 Å². The van der Waals surface area contributed by atoms with Crippen molar-refractivity contribution >= 4 is 14.1 Å². The van der Waals surface area contributed by atoms with E-state index in [-0.39, 0.29) is 11.2 Å². The second kappa shape index (κ2) is 9.02. The number of rotatable bonds is 11. The van der Waals surface area contributed by atoms with Gasteiger partial charge in [0.15, 0.2) is 8.32 Å². The summed E-state index contributed by atoms with van der Waals surface area (Å²) in [6.07, 6.45) is 4.47. The van der Waals surface area contributed by atoms with E-state index in [1.54, 1.807) is 6.92 Å². The van der Waals surface area contributed by atoms with Crippen molar-refractivity contribution in [2.75, 3.05) is 6.61 Å². The number of ketones is 1. The summed E-state index contributed by atoms with van der Waals surface area (Å²) in [6.45, 7) is 22.1. The molecule has 0 aromatic carbocycles. The van der Waals surface area contributed by atoms with Gasteiger partial charge in [0.05, 0.1) is 0 Å². The van der Waals surface area contributed by atoms with Gasteiger partial charge < -0.3 is 4.43 Å². The quantitative estimate of drug-likeness (QED) is 0.337. The largest absolute Gasteiger partial charge is 0.416 e. The minimum atomic E-state index is -1.82. The third kappa shape index (κ3) is 5.06. The number of hydrogen-bond donors (Lipinski definition) is 0. The molecule has 1 atom stereocenters. The Hall–Kier alpha value is -0.413. The van der Waals surface area contributed by atoms with Crippen LogP contribution in [0.3, 0.4) is 0 Å². The second-order valence-corrected chi connectivity index (χ2v) is 13.3. The number of carbonyl (C=O) groups is 1. The molecule has 0 radical (unpaired) electrons. The molecule has 0 aromatic heterocycles. The average molecular weight is 327 g/mol. The molecule has 2 nitrogen and oxygen atoms in total. The SMILES string of the molecule is C=CCC[C@](C)(CCO[Si](C(C)C)(C(C)C)C(C)C)C(C)=O. The van der Waals surface area contributed by atoms with E-state index in [1.165, 1.54) is 0 Å². The summed E-state index contributed by atoms with van der Waals surface area (Å²) in [5, 5.41) is 0. The lowest BCUT2D eigenvalue weighted by Crippen LogP contribution is -2.48. The predicted molar refractivity (Wildman–Crippen MR) is 99.8 cm³/mol. The molecular formula is C19H38O2Si. The smallest absolute Gasteiger partial charge is 0.200 e. The fraction of sp³-hybridized carbons (Fsp3) is 0.842. The highest BCUT2D eigenvalue weighted by Gasteiger charge is 2.45. The first-order valence-corrected chi connectivity index (χ1v) is 10.9. The minimum absolute atomic E-state index is 0.267. The van der Waals surface area contributed by atoms with Crippen LogP contribution in [0.2, 0.25) is 16.6 Å². The Morgan fingerprint density at radius 1 is 1.09 bits per heavy atom. The molecule has 0 amide bonds. The van der Waals surface area contributed by atoms with Crippen LogP contribution < -0.4 is 0 Å². The van der Waals surface area contributed by atoms with E-state index in [1.807, 2.05) is 6.08 Å². The van der Waals surface area contributed by atoms with Crippen LogP contribution in [-0.4, -0.2) is 20.7 Å². The molecule has 0 rings (SSSR count). The lowest BCUT2D eigenvalue weighted by atomic mass is 9.79. The fourth-order valence-electron chi connectivity index (χ4n) is 3.85. The van der Waals surface area contributed by atoms with Gasteiger partial charge in [0.1, 0.15) is 5.78 Å². The van der Waals surface area contributed by atoms with Gasteiger partial charge in [-0.25, -0.2) is 0 Å². The van der Waals surface area contributed by atoms with Crippen molar-refractivity contribution in [2.45, 2.75) is 91.3 Å². The molecular weight excluding hydrogens is 288 g/mol. The number of Topliss-reactive ketones (excluding diaryl/α,β-unsaturated/α-hetero) is 1. The molecule has 3 heteroatoms. The molecule has 0 unspecified atom stereocenters.